The molecule has 1 aliphatic heterocycles. The van der Waals surface area contributed by atoms with E-state index in [0.29, 0.717) is 6.04 Å². The van der Waals surface area contributed by atoms with Crippen molar-refractivity contribution < 1.29 is 0 Å². The molecule has 0 atom stereocenters. The molecule has 0 aliphatic carbocycles. The largest absolute Gasteiger partial charge is 0.369 e. The highest BCUT2D eigenvalue weighted by molar-refractivity contribution is 5.42. The normalized spacial score (nSPS) is 18.0. The van der Waals surface area contributed by atoms with Gasteiger partial charge in [-0.3, -0.25) is 4.68 Å². The van der Waals surface area contributed by atoms with Crippen LogP contribution in [0.4, 0.5) is 5.69 Å². The van der Waals surface area contributed by atoms with Crippen LogP contribution >= 0.6 is 0 Å². The maximum absolute atomic E-state index is 4.22. The number of nitrogens with one attached hydrogen (secondary N) is 1. The SMILES string of the molecule is CCCNC1CCN(c2cnn(C)c2)CC1. The molecule has 1 aromatic heterocycles. The molecule has 0 radical (unpaired) electrons. The van der Waals surface area contributed by atoms with Gasteiger partial charge in [0.25, 0.3) is 0 Å². The molecule has 2 heterocycles. The molecule has 4 heteroatoms. The Kier molecular flexibility index (Phi) is 3.83. The van der Waals surface area contributed by atoms with Gasteiger partial charge in [0.05, 0.1) is 11.9 Å². The first-order valence-electron chi connectivity index (χ1n) is 6.26. The summed E-state index contributed by atoms with van der Waals surface area (Å²) in [7, 11) is 1.97. The van der Waals surface area contributed by atoms with Crippen LogP contribution in [0.2, 0.25) is 0 Å². The lowest BCUT2D eigenvalue weighted by Crippen LogP contribution is -2.42. The zero-order valence-electron chi connectivity index (χ0n) is 10.3. The topological polar surface area (TPSA) is 33.1 Å². The van der Waals surface area contributed by atoms with Crippen molar-refractivity contribution in [2.75, 3.05) is 24.5 Å². The van der Waals surface area contributed by atoms with E-state index < -0.39 is 0 Å². The maximum Gasteiger partial charge on any atom is 0.0752 e. The Morgan fingerprint density at radius 2 is 2.19 bits per heavy atom. The van der Waals surface area contributed by atoms with E-state index >= 15 is 0 Å². The highest BCUT2D eigenvalue weighted by Crippen LogP contribution is 2.18. The Morgan fingerprint density at radius 1 is 1.44 bits per heavy atom. The van der Waals surface area contributed by atoms with Crippen molar-refractivity contribution in [1.82, 2.24) is 15.1 Å². The van der Waals surface area contributed by atoms with Crippen LogP contribution < -0.4 is 10.2 Å². The van der Waals surface area contributed by atoms with E-state index in [0.717, 1.165) is 19.6 Å². The Labute approximate surface area is 97.6 Å². The van der Waals surface area contributed by atoms with E-state index in [4.69, 9.17) is 0 Å². The minimum atomic E-state index is 0.716. The van der Waals surface area contributed by atoms with E-state index in [9.17, 15) is 0 Å². The zero-order chi connectivity index (χ0) is 11.4. The molecule has 0 bridgehead atoms. The number of hydrogen-bond donors (Lipinski definition) is 1. The summed E-state index contributed by atoms with van der Waals surface area (Å²) in [5, 5.41) is 7.82. The summed E-state index contributed by atoms with van der Waals surface area (Å²) >= 11 is 0. The van der Waals surface area contributed by atoms with Crippen molar-refractivity contribution in [3.63, 3.8) is 0 Å². The number of aryl methyl sites for hydroxylation is 1. The molecular formula is C12H22N4. The number of anilines is 1. The zero-order valence-corrected chi connectivity index (χ0v) is 10.3. The van der Waals surface area contributed by atoms with Gasteiger partial charge >= 0.3 is 0 Å². The predicted molar refractivity (Wildman–Crippen MR) is 66.7 cm³/mol. The second kappa shape index (κ2) is 5.34. The first-order valence-corrected chi connectivity index (χ1v) is 6.26. The fourth-order valence-electron chi connectivity index (χ4n) is 2.26. The molecule has 1 saturated heterocycles. The molecule has 0 saturated carbocycles. The summed E-state index contributed by atoms with van der Waals surface area (Å²) in [5.74, 6) is 0. The summed E-state index contributed by atoms with van der Waals surface area (Å²) in [6.45, 7) is 5.66. The molecule has 2 rings (SSSR count). The number of rotatable bonds is 4. The number of hydrogen-bond acceptors (Lipinski definition) is 3. The highest BCUT2D eigenvalue weighted by atomic mass is 15.3. The van der Waals surface area contributed by atoms with Gasteiger partial charge in [-0.05, 0) is 25.8 Å². The third kappa shape index (κ3) is 2.76. The molecule has 1 N–H and O–H groups in total. The smallest absolute Gasteiger partial charge is 0.0752 e. The Balaban J connectivity index is 1.81. The molecule has 0 spiro atoms. The van der Waals surface area contributed by atoms with Gasteiger partial charge in [0.1, 0.15) is 0 Å². The Morgan fingerprint density at radius 3 is 2.75 bits per heavy atom. The molecule has 0 unspecified atom stereocenters. The molecule has 1 aliphatic rings. The average Bonchev–Trinajstić information content (AvgIpc) is 2.74. The Bertz CT molecular complexity index is 313. The molecule has 0 aromatic carbocycles. The van der Waals surface area contributed by atoms with Crippen LogP contribution in [0.3, 0.4) is 0 Å². The lowest BCUT2D eigenvalue weighted by atomic mass is 10.0. The van der Waals surface area contributed by atoms with Crippen molar-refractivity contribution >= 4 is 5.69 Å². The number of piperidine rings is 1. The maximum atomic E-state index is 4.22. The van der Waals surface area contributed by atoms with Crippen molar-refractivity contribution in [2.45, 2.75) is 32.2 Å². The quantitative estimate of drug-likeness (QED) is 0.835. The molecule has 90 valence electrons. The van der Waals surface area contributed by atoms with Gasteiger partial charge in [0, 0.05) is 32.4 Å². The lowest BCUT2D eigenvalue weighted by molar-refractivity contribution is 0.416. The second-order valence-corrected chi connectivity index (χ2v) is 4.59. The molecule has 1 fully saturated rings. The van der Waals surface area contributed by atoms with Crippen LogP contribution in [0, 0.1) is 0 Å². The highest BCUT2D eigenvalue weighted by Gasteiger charge is 2.19. The third-order valence-electron chi connectivity index (χ3n) is 3.23. The summed E-state index contributed by atoms with van der Waals surface area (Å²) in [4.78, 5) is 2.43. The molecule has 16 heavy (non-hydrogen) atoms. The summed E-state index contributed by atoms with van der Waals surface area (Å²) < 4.78 is 1.87. The fourth-order valence-corrected chi connectivity index (χ4v) is 2.26. The van der Waals surface area contributed by atoms with Crippen molar-refractivity contribution in [3.05, 3.63) is 12.4 Å². The number of aromatic nitrogens is 2. The van der Waals surface area contributed by atoms with Crippen LogP contribution in [0.15, 0.2) is 12.4 Å². The van der Waals surface area contributed by atoms with Crippen LogP contribution in [0.5, 0.6) is 0 Å². The average molecular weight is 222 g/mol. The first-order chi connectivity index (χ1) is 7.79. The van der Waals surface area contributed by atoms with Crippen LogP contribution in [0.25, 0.3) is 0 Å². The monoisotopic (exact) mass is 222 g/mol. The van der Waals surface area contributed by atoms with Crippen molar-refractivity contribution in [3.8, 4) is 0 Å². The van der Waals surface area contributed by atoms with Gasteiger partial charge in [-0.25, -0.2) is 0 Å². The molecule has 1 aromatic rings. The van der Waals surface area contributed by atoms with Gasteiger partial charge < -0.3 is 10.2 Å². The van der Waals surface area contributed by atoms with Crippen LogP contribution in [-0.2, 0) is 7.05 Å². The first kappa shape index (κ1) is 11.5. The third-order valence-corrected chi connectivity index (χ3v) is 3.23. The molecule has 0 amide bonds. The standard InChI is InChI=1S/C12H22N4/c1-3-6-13-11-4-7-16(8-5-11)12-9-14-15(2)10-12/h9-11,13H,3-8H2,1-2H3. The van der Waals surface area contributed by atoms with Gasteiger partial charge in [-0.1, -0.05) is 6.92 Å². The van der Waals surface area contributed by atoms with E-state index in [1.165, 1.54) is 24.9 Å². The van der Waals surface area contributed by atoms with E-state index in [-0.39, 0.29) is 0 Å². The van der Waals surface area contributed by atoms with Gasteiger partial charge in [0.2, 0.25) is 0 Å². The summed E-state index contributed by atoms with van der Waals surface area (Å²) in [5.41, 5.74) is 1.26. The van der Waals surface area contributed by atoms with Gasteiger partial charge in [-0.15, -0.1) is 0 Å². The second-order valence-electron chi connectivity index (χ2n) is 4.59. The van der Waals surface area contributed by atoms with E-state index in [1.54, 1.807) is 0 Å². The van der Waals surface area contributed by atoms with Crippen molar-refractivity contribution in [1.29, 1.82) is 0 Å². The van der Waals surface area contributed by atoms with Crippen LogP contribution in [-0.4, -0.2) is 35.5 Å². The minimum absolute atomic E-state index is 0.716. The Hall–Kier alpha value is -1.03. The summed E-state index contributed by atoms with van der Waals surface area (Å²) in [6, 6.07) is 0.716. The fraction of sp³-hybridized carbons (Fsp3) is 0.750. The predicted octanol–water partition coefficient (Wildman–Crippen LogP) is 1.39. The minimum Gasteiger partial charge on any atom is -0.369 e. The van der Waals surface area contributed by atoms with Gasteiger partial charge in [-0.2, -0.15) is 5.10 Å². The van der Waals surface area contributed by atoms with E-state index in [2.05, 4.69) is 28.4 Å². The summed E-state index contributed by atoms with van der Waals surface area (Å²) in [6.07, 6.45) is 7.77. The molecular weight excluding hydrogens is 200 g/mol. The van der Waals surface area contributed by atoms with Crippen molar-refractivity contribution in [2.24, 2.45) is 7.05 Å². The van der Waals surface area contributed by atoms with Crippen LogP contribution in [0.1, 0.15) is 26.2 Å². The van der Waals surface area contributed by atoms with Gasteiger partial charge in [0.15, 0.2) is 0 Å². The van der Waals surface area contributed by atoms with E-state index in [1.807, 2.05) is 17.9 Å². The number of nitrogens with zero attached hydrogens (tertiary/aromatic N) is 3. The lowest BCUT2D eigenvalue weighted by Gasteiger charge is -2.33. The molecule has 4 nitrogen and oxygen atoms in total.